The highest BCUT2D eigenvalue weighted by atomic mass is 15.3. The van der Waals surface area contributed by atoms with Crippen molar-refractivity contribution in [2.75, 3.05) is 7.05 Å². The first-order chi connectivity index (χ1) is 7.31. The fraction of sp³-hybridized carbons (Fsp3) is 0.818. The maximum Gasteiger partial charge on any atom is 0.138 e. The topological polar surface area (TPSA) is 42.7 Å². The summed E-state index contributed by atoms with van der Waals surface area (Å²) in [4.78, 5) is 4.27. The van der Waals surface area contributed by atoms with Gasteiger partial charge in [0.05, 0.1) is 0 Å². The summed E-state index contributed by atoms with van der Waals surface area (Å²) >= 11 is 0. The molecule has 0 radical (unpaired) electrons. The third-order valence-corrected chi connectivity index (χ3v) is 2.85. The summed E-state index contributed by atoms with van der Waals surface area (Å²) < 4.78 is 1.97. The molecule has 4 nitrogen and oxygen atoms in total. The third-order valence-electron chi connectivity index (χ3n) is 2.85. The Hall–Kier alpha value is -0.900. The fourth-order valence-corrected chi connectivity index (χ4v) is 1.81. The van der Waals surface area contributed by atoms with Crippen LogP contribution in [0.4, 0.5) is 0 Å². The molecule has 1 atom stereocenters. The highest BCUT2D eigenvalue weighted by Gasteiger charge is 2.05. The standard InChI is InChI=1S/C11H22N4/c1-4-10(12-3)7-6-8-11-13-9-14-15(11)5-2/h9-10,12H,4-8H2,1-3H3. The number of rotatable bonds is 7. The number of nitrogens with zero attached hydrogens (tertiary/aromatic N) is 3. The molecule has 0 saturated carbocycles. The first kappa shape index (κ1) is 12.2. The van der Waals surface area contributed by atoms with E-state index in [1.54, 1.807) is 6.33 Å². The molecule has 1 N–H and O–H groups in total. The van der Waals surface area contributed by atoms with Crippen LogP contribution in [0.5, 0.6) is 0 Å². The molecular formula is C11H22N4. The van der Waals surface area contributed by atoms with Crippen molar-refractivity contribution in [2.24, 2.45) is 0 Å². The van der Waals surface area contributed by atoms with Crippen molar-refractivity contribution in [3.63, 3.8) is 0 Å². The van der Waals surface area contributed by atoms with Crippen LogP contribution in [0.25, 0.3) is 0 Å². The second-order valence-corrected chi connectivity index (χ2v) is 3.78. The van der Waals surface area contributed by atoms with Gasteiger partial charge in [-0.3, -0.25) is 4.68 Å². The van der Waals surface area contributed by atoms with Crippen LogP contribution in [0.3, 0.4) is 0 Å². The van der Waals surface area contributed by atoms with E-state index in [4.69, 9.17) is 0 Å². The Balaban J connectivity index is 2.31. The average Bonchev–Trinajstić information content (AvgIpc) is 2.72. The maximum absolute atomic E-state index is 4.27. The van der Waals surface area contributed by atoms with Crippen molar-refractivity contribution < 1.29 is 0 Å². The molecule has 1 aromatic heterocycles. The van der Waals surface area contributed by atoms with Crippen LogP contribution in [-0.4, -0.2) is 27.9 Å². The quantitative estimate of drug-likeness (QED) is 0.743. The number of aromatic nitrogens is 3. The van der Waals surface area contributed by atoms with Crippen molar-refractivity contribution in [1.29, 1.82) is 0 Å². The predicted octanol–water partition coefficient (Wildman–Crippen LogP) is 1.62. The molecular weight excluding hydrogens is 188 g/mol. The zero-order valence-corrected chi connectivity index (χ0v) is 10.0. The van der Waals surface area contributed by atoms with Gasteiger partial charge < -0.3 is 5.32 Å². The summed E-state index contributed by atoms with van der Waals surface area (Å²) in [6.45, 7) is 5.23. The molecule has 15 heavy (non-hydrogen) atoms. The lowest BCUT2D eigenvalue weighted by Gasteiger charge is -2.12. The Morgan fingerprint density at radius 1 is 1.47 bits per heavy atom. The van der Waals surface area contributed by atoms with E-state index < -0.39 is 0 Å². The van der Waals surface area contributed by atoms with Gasteiger partial charge in [-0.25, -0.2) is 4.98 Å². The molecule has 1 aromatic rings. The van der Waals surface area contributed by atoms with Gasteiger partial charge in [0, 0.05) is 19.0 Å². The van der Waals surface area contributed by atoms with E-state index in [-0.39, 0.29) is 0 Å². The molecule has 0 aliphatic heterocycles. The number of aryl methyl sites for hydroxylation is 2. The van der Waals surface area contributed by atoms with Crippen LogP contribution in [-0.2, 0) is 13.0 Å². The van der Waals surface area contributed by atoms with E-state index in [2.05, 4.69) is 29.2 Å². The zero-order valence-electron chi connectivity index (χ0n) is 10.0. The summed E-state index contributed by atoms with van der Waals surface area (Å²) in [5.41, 5.74) is 0. The van der Waals surface area contributed by atoms with Crippen molar-refractivity contribution in [2.45, 2.75) is 52.1 Å². The largest absolute Gasteiger partial charge is 0.317 e. The van der Waals surface area contributed by atoms with Gasteiger partial charge in [-0.1, -0.05) is 6.92 Å². The van der Waals surface area contributed by atoms with Gasteiger partial charge in [0.15, 0.2) is 0 Å². The molecule has 0 saturated heterocycles. The number of hydrogen-bond donors (Lipinski definition) is 1. The predicted molar refractivity (Wildman–Crippen MR) is 61.8 cm³/mol. The van der Waals surface area contributed by atoms with E-state index in [0.29, 0.717) is 6.04 Å². The van der Waals surface area contributed by atoms with E-state index in [0.717, 1.165) is 18.8 Å². The van der Waals surface area contributed by atoms with Gasteiger partial charge in [-0.05, 0) is 33.2 Å². The Bertz CT molecular complexity index is 265. The summed E-state index contributed by atoms with van der Waals surface area (Å²) in [6, 6.07) is 0.642. The molecule has 0 spiro atoms. The van der Waals surface area contributed by atoms with Gasteiger partial charge in [0.2, 0.25) is 0 Å². The molecule has 0 aliphatic carbocycles. The third kappa shape index (κ3) is 3.63. The van der Waals surface area contributed by atoms with Gasteiger partial charge >= 0.3 is 0 Å². The average molecular weight is 210 g/mol. The Morgan fingerprint density at radius 2 is 2.27 bits per heavy atom. The molecule has 4 heteroatoms. The van der Waals surface area contributed by atoms with Gasteiger partial charge in [-0.15, -0.1) is 0 Å². The van der Waals surface area contributed by atoms with Gasteiger partial charge in [0.25, 0.3) is 0 Å². The van der Waals surface area contributed by atoms with Crippen LogP contribution in [0, 0.1) is 0 Å². The van der Waals surface area contributed by atoms with Crippen LogP contribution < -0.4 is 5.32 Å². The lowest BCUT2D eigenvalue weighted by Crippen LogP contribution is -2.24. The number of nitrogens with one attached hydrogen (secondary N) is 1. The Morgan fingerprint density at radius 3 is 2.87 bits per heavy atom. The molecule has 1 heterocycles. The minimum Gasteiger partial charge on any atom is -0.317 e. The normalized spacial score (nSPS) is 13.0. The van der Waals surface area contributed by atoms with E-state index in [9.17, 15) is 0 Å². The summed E-state index contributed by atoms with van der Waals surface area (Å²) in [7, 11) is 2.03. The van der Waals surface area contributed by atoms with E-state index in [1.165, 1.54) is 19.3 Å². The van der Waals surface area contributed by atoms with Crippen molar-refractivity contribution in [1.82, 2.24) is 20.1 Å². The van der Waals surface area contributed by atoms with Crippen LogP contribution in [0.2, 0.25) is 0 Å². The Labute approximate surface area is 92.1 Å². The monoisotopic (exact) mass is 210 g/mol. The molecule has 0 amide bonds. The van der Waals surface area contributed by atoms with Crippen molar-refractivity contribution >= 4 is 0 Å². The highest BCUT2D eigenvalue weighted by molar-refractivity contribution is 4.84. The molecule has 86 valence electrons. The zero-order chi connectivity index (χ0) is 11.1. The fourth-order valence-electron chi connectivity index (χ4n) is 1.81. The molecule has 0 bridgehead atoms. The second-order valence-electron chi connectivity index (χ2n) is 3.78. The number of hydrogen-bond acceptors (Lipinski definition) is 3. The first-order valence-corrected chi connectivity index (χ1v) is 5.85. The summed E-state index contributed by atoms with van der Waals surface area (Å²) in [5.74, 6) is 1.11. The smallest absolute Gasteiger partial charge is 0.138 e. The lowest BCUT2D eigenvalue weighted by atomic mass is 10.1. The van der Waals surface area contributed by atoms with Gasteiger partial charge in [0.1, 0.15) is 12.2 Å². The summed E-state index contributed by atoms with van der Waals surface area (Å²) in [6.07, 6.45) is 6.26. The highest BCUT2D eigenvalue weighted by Crippen LogP contribution is 2.06. The molecule has 1 rings (SSSR count). The minimum atomic E-state index is 0.642. The summed E-state index contributed by atoms with van der Waals surface area (Å²) in [5, 5.41) is 7.48. The van der Waals surface area contributed by atoms with E-state index in [1.807, 2.05) is 11.7 Å². The Kier molecular flexibility index (Phi) is 5.32. The lowest BCUT2D eigenvalue weighted by molar-refractivity contribution is 0.482. The SMILES string of the molecule is CCC(CCCc1ncnn1CC)NC. The second kappa shape index (κ2) is 6.56. The molecule has 0 aromatic carbocycles. The first-order valence-electron chi connectivity index (χ1n) is 5.85. The van der Waals surface area contributed by atoms with Crippen LogP contribution in [0.15, 0.2) is 6.33 Å². The van der Waals surface area contributed by atoms with Crippen molar-refractivity contribution in [3.05, 3.63) is 12.2 Å². The minimum absolute atomic E-state index is 0.642. The van der Waals surface area contributed by atoms with Crippen molar-refractivity contribution in [3.8, 4) is 0 Å². The molecule has 0 fully saturated rings. The maximum atomic E-state index is 4.27. The van der Waals surface area contributed by atoms with Gasteiger partial charge in [-0.2, -0.15) is 5.10 Å². The molecule has 0 aliphatic rings. The van der Waals surface area contributed by atoms with E-state index >= 15 is 0 Å². The van der Waals surface area contributed by atoms with Crippen LogP contribution >= 0.6 is 0 Å². The van der Waals surface area contributed by atoms with Crippen LogP contribution in [0.1, 0.15) is 38.9 Å². The molecule has 1 unspecified atom stereocenters.